The van der Waals surface area contributed by atoms with E-state index in [1.54, 1.807) is 7.05 Å². The molecule has 1 N–H and O–H groups in total. The number of hydrogen-bond acceptors (Lipinski definition) is 5. The Morgan fingerprint density at radius 3 is 2.30 bits per heavy atom. The van der Waals surface area contributed by atoms with Gasteiger partial charge in [0.15, 0.2) is 0 Å². The predicted octanol–water partition coefficient (Wildman–Crippen LogP) is 3.73. The van der Waals surface area contributed by atoms with E-state index in [0.29, 0.717) is 23.4 Å². The van der Waals surface area contributed by atoms with Crippen molar-refractivity contribution in [3.63, 3.8) is 0 Å². The van der Waals surface area contributed by atoms with E-state index in [0.717, 1.165) is 0 Å². The Balaban J connectivity index is 2.07. The average Bonchev–Trinajstić information content (AvgIpc) is 3.02. The summed E-state index contributed by atoms with van der Waals surface area (Å²) < 4.78 is 41.8. The first-order valence-electron chi connectivity index (χ1n) is 8.09. The molecule has 0 radical (unpaired) electrons. The molecule has 0 unspecified atom stereocenters. The van der Waals surface area contributed by atoms with E-state index in [-0.39, 0.29) is 17.3 Å². The van der Waals surface area contributed by atoms with E-state index in [4.69, 9.17) is 0 Å². The number of benzene rings is 1. The maximum absolute atomic E-state index is 12.5. The van der Waals surface area contributed by atoms with Crippen molar-refractivity contribution in [2.45, 2.75) is 32.5 Å². The highest BCUT2D eigenvalue weighted by Gasteiger charge is 2.38. The summed E-state index contributed by atoms with van der Waals surface area (Å²) in [5.74, 6) is -1.86. The van der Waals surface area contributed by atoms with Crippen molar-refractivity contribution in [1.82, 2.24) is 20.4 Å². The molecule has 0 atom stereocenters. The van der Waals surface area contributed by atoms with Gasteiger partial charge in [0.2, 0.25) is 5.82 Å². The van der Waals surface area contributed by atoms with Gasteiger partial charge in [-0.1, -0.05) is 23.9 Å². The number of carbonyl (C=O) groups excluding carboxylic acids is 1. The molecular formula is C18H21F3N4O2. The second kappa shape index (κ2) is 7.42. The minimum Gasteiger partial charge on any atom is -0.383 e. The zero-order valence-corrected chi connectivity index (χ0v) is 15.5. The van der Waals surface area contributed by atoms with Crippen molar-refractivity contribution < 1.29 is 22.5 Å². The van der Waals surface area contributed by atoms with Crippen LogP contribution in [0.15, 0.2) is 41.1 Å². The molecule has 146 valence electrons. The maximum atomic E-state index is 12.5. The monoisotopic (exact) mass is 382 g/mol. The largest absolute Gasteiger partial charge is 0.471 e. The standard InChI is InChI=1S/C18H21F3N4O2/c1-11(23-17(2,3)4)10-25(5)15(26)13-8-6-12(7-9-13)14-22-16(27-24-14)18(19,20)21/h6-9,23H,1,10H2,2-5H3. The lowest BCUT2D eigenvalue weighted by atomic mass is 10.1. The number of hydrogen-bond donors (Lipinski definition) is 1. The molecule has 0 aliphatic heterocycles. The summed E-state index contributed by atoms with van der Waals surface area (Å²) in [6.07, 6.45) is -4.70. The molecule has 2 rings (SSSR count). The molecule has 0 aliphatic rings. The minimum absolute atomic E-state index is 0.164. The van der Waals surface area contributed by atoms with Crippen LogP contribution in [0.4, 0.5) is 13.2 Å². The highest BCUT2D eigenvalue weighted by atomic mass is 19.4. The molecule has 0 saturated heterocycles. The van der Waals surface area contributed by atoms with Crippen molar-refractivity contribution in [2.75, 3.05) is 13.6 Å². The van der Waals surface area contributed by atoms with Gasteiger partial charge < -0.3 is 14.7 Å². The lowest BCUT2D eigenvalue weighted by Gasteiger charge is -2.26. The Kier molecular flexibility index (Phi) is 5.62. The molecule has 1 heterocycles. The molecule has 0 aliphatic carbocycles. The van der Waals surface area contributed by atoms with Crippen LogP contribution in [0.25, 0.3) is 11.4 Å². The first kappa shape index (κ1) is 20.5. The lowest BCUT2D eigenvalue weighted by Crippen LogP contribution is -2.39. The third-order valence-corrected chi connectivity index (χ3v) is 3.39. The van der Waals surface area contributed by atoms with Gasteiger partial charge in [-0.05, 0) is 32.9 Å². The van der Waals surface area contributed by atoms with Crippen molar-refractivity contribution in [1.29, 1.82) is 0 Å². The quantitative estimate of drug-likeness (QED) is 0.853. The van der Waals surface area contributed by atoms with E-state index in [1.165, 1.54) is 29.2 Å². The summed E-state index contributed by atoms with van der Waals surface area (Å²) in [6, 6.07) is 5.93. The SMILES string of the molecule is C=C(CN(C)C(=O)c1ccc(-c2noc(C(F)(F)F)n2)cc1)NC(C)(C)C. The summed E-state index contributed by atoms with van der Waals surface area (Å²) >= 11 is 0. The topological polar surface area (TPSA) is 71.3 Å². The summed E-state index contributed by atoms with van der Waals surface area (Å²) in [6.45, 7) is 10.2. The Morgan fingerprint density at radius 2 is 1.81 bits per heavy atom. The molecular weight excluding hydrogens is 361 g/mol. The predicted molar refractivity (Wildman–Crippen MR) is 93.7 cm³/mol. The van der Waals surface area contributed by atoms with Crippen molar-refractivity contribution in [3.8, 4) is 11.4 Å². The van der Waals surface area contributed by atoms with Crippen LogP contribution in [0.3, 0.4) is 0 Å². The molecule has 2 aromatic rings. The Hall–Kier alpha value is -2.84. The summed E-state index contributed by atoms with van der Waals surface area (Å²) in [5.41, 5.74) is 1.22. The van der Waals surface area contributed by atoms with Gasteiger partial charge in [-0.15, -0.1) is 0 Å². The lowest BCUT2D eigenvalue weighted by molar-refractivity contribution is -0.159. The molecule has 0 saturated carbocycles. The Morgan fingerprint density at radius 1 is 1.22 bits per heavy atom. The van der Waals surface area contributed by atoms with Crippen LogP contribution in [0, 0.1) is 0 Å². The number of nitrogens with one attached hydrogen (secondary N) is 1. The number of carbonyl (C=O) groups is 1. The van der Waals surface area contributed by atoms with Gasteiger partial charge in [-0.2, -0.15) is 18.2 Å². The fraction of sp³-hybridized carbons (Fsp3) is 0.389. The zero-order valence-electron chi connectivity index (χ0n) is 15.5. The van der Waals surface area contributed by atoms with Gasteiger partial charge >= 0.3 is 12.1 Å². The van der Waals surface area contributed by atoms with Crippen LogP contribution < -0.4 is 5.32 Å². The third kappa shape index (κ3) is 5.57. The molecule has 0 fully saturated rings. The number of nitrogens with zero attached hydrogens (tertiary/aromatic N) is 3. The van der Waals surface area contributed by atoms with Gasteiger partial charge in [0, 0.05) is 29.4 Å². The van der Waals surface area contributed by atoms with Crippen LogP contribution in [0.1, 0.15) is 37.0 Å². The van der Waals surface area contributed by atoms with Crippen LogP contribution in [0.5, 0.6) is 0 Å². The normalized spacial score (nSPS) is 12.0. The van der Waals surface area contributed by atoms with E-state index in [1.807, 2.05) is 20.8 Å². The third-order valence-electron chi connectivity index (χ3n) is 3.39. The van der Waals surface area contributed by atoms with Crippen LogP contribution >= 0.6 is 0 Å². The Bertz CT molecular complexity index is 820. The highest BCUT2D eigenvalue weighted by molar-refractivity contribution is 5.94. The molecule has 0 bridgehead atoms. The molecule has 0 spiro atoms. The van der Waals surface area contributed by atoms with Gasteiger partial charge in [0.1, 0.15) is 0 Å². The van der Waals surface area contributed by atoms with Gasteiger partial charge in [-0.25, -0.2) is 0 Å². The second-order valence-corrected chi connectivity index (χ2v) is 7.14. The number of likely N-dealkylation sites (N-methyl/N-ethyl adjacent to an activating group) is 1. The average molecular weight is 382 g/mol. The van der Waals surface area contributed by atoms with E-state index >= 15 is 0 Å². The zero-order chi connectivity index (χ0) is 20.4. The fourth-order valence-corrected chi connectivity index (χ4v) is 2.37. The van der Waals surface area contributed by atoms with Crippen molar-refractivity contribution in [3.05, 3.63) is 48.0 Å². The second-order valence-electron chi connectivity index (χ2n) is 7.14. The summed E-state index contributed by atoms with van der Waals surface area (Å²) in [4.78, 5) is 17.3. The van der Waals surface area contributed by atoms with Crippen molar-refractivity contribution in [2.24, 2.45) is 0 Å². The number of aromatic nitrogens is 2. The van der Waals surface area contributed by atoms with Gasteiger partial charge in [-0.3, -0.25) is 4.79 Å². The summed E-state index contributed by atoms with van der Waals surface area (Å²) in [5, 5.41) is 6.51. The number of rotatable bonds is 5. The Labute approximate surface area is 155 Å². The minimum atomic E-state index is -4.70. The molecule has 9 heteroatoms. The van der Waals surface area contributed by atoms with Gasteiger partial charge in [0.25, 0.3) is 5.91 Å². The molecule has 1 amide bonds. The maximum Gasteiger partial charge on any atom is 0.471 e. The molecule has 6 nitrogen and oxygen atoms in total. The van der Waals surface area contributed by atoms with Crippen molar-refractivity contribution >= 4 is 5.91 Å². The number of amides is 1. The van der Waals surface area contributed by atoms with Crippen LogP contribution in [0.2, 0.25) is 0 Å². The molecule has 27 heavy (non-hydrogen) atoms. The van der Waals surface area contributed by atoms with Crippen LogP contribution in [-0.4, -0.2) is 40.1 Å². The van der Waals surface area contributed by atoms with E-state index in [2.05, 4.69) is 26.6 Å². The first-order valence-corrected chi connectivity index (χ1v) is 8.09. The first-order chi connectivity index (χ1) is 12.4. The van der Waals surface area contributed by atoms with E-state index < -0.39 is 12.1 Å². The fourth-order valence-electron chi connectivity index (χ4n) is 2.37. The summed E-state index contributed by atoms with van der Waals surface area (Å²) in [7, 11) is 1.64. The molecule has 1 aromatic carbocycles. The smallest absolute Gasteiger partial charge is 0.383 e. The molecule has 1 aromatic heterocycles. The van der Waals surface area contributed by atoms with Gasteiger partial charge in [0.05, 0.1) is 6.54 Å². The van der Waals surface area contributed by atoms with Crippen LogP contribution in [-0.2, 0) is 6.18 Å². The number of halogens is 3. The number of alkyl halides is 3. The highest BCUT2D eigenvalue weighted by Crippen LogP contribution is 2.29. The van der Waals surface area contributed by atoms with E-state index in [9.17, 15) is 18.0 Å².